The minimum Gasteiger partial charge on any atom is -0.373 e. The Bertz CT molecular complexity index is 474. The van der Waals surface area contributed by atoms with E-state index in [4.69, 9.17) is 0 Å². The highest BCUT2D eigenvalue weighted by Crippen LogP contribution is 2.24. The van der Waals surface area contributed by atoms with Crippen molar-refractivity contribution >= 4 is 24.0 Å². The van der Waals surface area contributed by atoms with Crippen molar-refractivity contribution in [1.82, 2.24) is 10.2 Å². The molecule has 2 aliphatic heterocycles. The van der Waals surface area contributed by atoms with E-state index in [0.29, 0.717) is 0 Å². The minimum atomic E-state index is 0. The Balaban J connectivity index is 0.00000147. The van der Waals surface area contributed by atoms with Gasteiger partial charge in [0.25, 0.3) is 0 Å². The van der Waals surface area contributed by atoms with Crippen molar-refractivity contribution in [2.24, 2.45) is 0 Å². The van der Waals surface area contributed by atoms with Crippen LogP contribution in [0, 0.1) is 0 Å². The second kappa shape index (κ2) is 6.46. The Labute approximate surface area is 126 Å². The molecule has 5 heteroatoms. The average molecular weight is 296 g/mol. The van der Waals surface area contributed by atoms with Crippen LogP contribution in [0.2, 0.25) is 0 Å². The second-order valence-electron chi connectivity index (χ2n) is 5.46. The Morgan fingerprint density at radius 1 is 1.30 bits per heavy atom. The molecule has 1 fully saturated rings. The lowest BCUT2D eigenvalue weighted by Gasteiger charge is -2.24. The van der Waals surface area contributed by atoms with E-state index in [1.807, 2.05) is 4.90 Å². The van der Waals surface area contributed by atoms with Crippen molar-refractivity contribution in [3.8, 4) is 0 Å². The van der Waals surface area contributed by atoms with E-state index in [1.54, 1.807) is 0 Å². The number of anilines is 1. The molecule has 0 radical (unpaired) electrons. The molecule has 1 saturated heterocycles. The number of benzene rings is 1. The molecule has 1 amide bonds. The zero-order valence-electron chi connectivity index (χ0n) is 11.8. The first-order valence-electron chi connectivity index (χ1n) is 7.07. The molecule has 2 aliphatic rings. The molecule has 1 aromatic rings. The van der Waals surface area contributed by atoms with Crippen molar-refractivity contribution < 1.29 is 4.79 Å². The van der Waals surface area contributed by atoms with Gasteiger partial charge in [-0.05, 0) is 31.0 Å². The Morgan fingerprint density at radius 3 is 2.85 bits per heavy atom. The van der Waals surface area contributed by atoms with Crippen molar-refractivity contribution in [3.05, 3.63) is 29.8 Å². The van der Waals surface area contributed by atoms with E-state index in [-0.39, 0.29) is 24.4 Å². The summed E-state index contributed by atoms with van der Waals surface area (Å²) < 4.78 is 0. The summed E-state index contributed by atoms with van der Waals surface area (Å²) in [5, 5.41) is 3.30. The molecular weight excluding hydrogens is 274 g/mol. The number of amides is 1. The third-order valence-corrected chi connectivity index (χ3v) is 4.14. The van der Waals surface area contributed by atoms with Crippen LogP contribution in [-0.2, 0) is 11.3 Å². The fourth-order valence-electron chi connectivity index (χ4n) is 3.00. The lowest BCUT2D eigenvalue weighted by atomic mass is 10.1. The first-order valence-corrected chi connectivity index (χ1v) is 7.07. The van der Waals surface area contributed by atoms with Gasteiger partial charge < -0.3 is 15.1 Å². The average Bonchev–Trinajstić information content (AvgIpc) is 2.91. The quantitative estimate of drug-likeness (QED) is 0.855. The number of hydrogen-bond donors (Lipinski definition) is 1. The van der Waals surface area contributed by atoms with Gasteiger partial charge in [0.1, 0.15) is 0 Å². The maximum atomic E-state index is 12.5. The number of rotatable bonds is 1. The monoisotopic (exact) mass is 295 g/mol. The smallest absolute Gasteiger partial charge is 0.240 e. The molecule has 2 heterocycles. The summed E-state index contributed by atoms with van der Waals surface area (Å²) in [6, 6.07) is 8.41. The minimum absolute atomic E-state index is 0. The van der Waals surface area contributed by atoms with Gasteiger partial charge in [-0.15, -0.1) is 12.4 Å². The van der Waals surface area contributed by atoms with Crippen molar-refractivity contribution in [1.29, 1.82) is 0 Å². The van der Waals surface area contributed by atoms with Crippen LogP contribution in [-0.4, -0.2) is 43.5 Å². The highest BCUT2D eigenvalue weighted by Gasteiger charge is 2.28. The van der Waals surface area contributed by atoms with E-state index in [1.165, 1.54) is 11.3 Å². The van der Waals surface area contributed by atoms with E-state index >= 15 is 0 Å². The molecule has 20 heavy (non-hydrogen) atoms. The molecule has 1 N–H and O–H groups in total. The maximum absolute atomic E-state index is 12.5. The zero-order chi connectivity index (χ0) is 13.2. The highest BCUT2D eigenvalue weighted by molar-refractivity contribution is 5.85. The van der Waals surface area contributed by atoms with Gasteiger partial charge in [0.05, 0.1) is 6.04 Å². The fourth-order valence-corrected chi connectivity index (χ4v) is 3.00. The van der Waals surface area contributed by atoms with Gasteiger partial charge in [0.2, 0.25) is 5.91 Å². The van der Waals surface area contributed by atoms with Crippen LogP contribution in [0.4, 0.5) is 5.69 Å². The highest BCUT2D eigenvalue weighted by atomic mass is 35.5. The van der Waals surface area contributed by atoms with Crippen LogP contribution in [0.1, 0.15) is 18.4 Å². The molecule has 0 saturated carbocycles. The number of likely N-dealkylation sites (N-methyl/N-ethyl adjacent to an activating group) is 1. The van der Waals surface area contributed by atoms with Gasteiger partial charge in [-0.2, -0.15) is 0 Å². The number of carbonyl (C=O) groups is 1. The molecular formula is C15H22ClN3O. The first kappa shape index (κ1) is 15.1. The standard InChI is InChI=1S/C15H21N3O.ClH/c1-17-9-10-18(15(19)13-6-4-8-16-13)11-12-5-2-3-7-14(12)17;/h2-3,5,7,13,16H,4,6,8-11H2,1H3;1H/t13-;/m0./s1. The summed E-state index contributed by atoms with van der Waals surface area (Å²) in [7, 11) is 2.10. The molecule has 4 nitrogen and oxygen atoms in total. The van der Waals surface area contributed by atoms with Gasteiger partial charge in [0, 0.05) is 32.4 Å². The summed E-state index contributed by atoms with van der Waals surface area (Å²) in [5.74, 6) is 0.266. The van der Waals surface area contributed by atoms with Crippen molar-refractivity contribution in [3.63, 3.8) is 0 Å². The fraction of sp³-hybridized carbons (Fsp3) is 0.533. The number of carbonyl (C=O) groups excluding carboxylic acids is 1. The molecule has 0 spiro atoms. The summed E-state index contributed by atoms with van der Waals surface area (Å²) in [6.45, 7) is 3.41. The molecule has 0 aromatic heterocycles. The zero-order valence-corrected chi connectivity index (χ0v) is 12.7. The molecule has 3 rings (SSSR count). The molecule has 0 bridgehead atoms. The van der Waals surface area contributed by atoms with Crippen molar-refractivity contribution in [2.45, 2.75) is 25.4 Å². The van der Waals surface area contributed by atoms with Crippen LogP contribution < -0.4 is 10.2 Å². The summed E-state index contributed by atoms with van der Waals surface area (Å²) in [5.41, 5.74) is 2.49. The van der Waals surface area contributed by atoms with E-state index < -0.39 is 0 Å². The van der Waals surface area contributed by atoms with Gasteiger partial charge in [0.15, 0.2) is 0 Å². The van der Waals surface area contributed by atoms with E-state index in [9.17, 15) is 4.79 Å². The van der Waals surface area contributed by atoms with Gasteiger partial charge in [-0.3, -0.25) is 4.79 Å². The lowest BCUT2D eigenvalue weighted by Crippen LogP contribution is -2.44. The van der Waals surface area contributed by atoms with Crippen LogP contribution in [0.5, 0.6) is 0 Å². The number of halogens is 1. The van der Waals surface area contributed by atoms with Crippen LogP contribution >= 0.6 is 12.4 Å². The topological polar surface area (TPSA) is 35.6 Å². The number of fused-ring (bicyclic) bond motifs is 1. The van der Waals surface area contributed by atoms with Crippen LogP contribution in [0.3, 0.4) is 0 Å². The Morgan fingerprint density at radius 2 is 2.10 bits per heavy atom. The Kier molecular flexibility index (Phi) is 4.89. The van der Waals surface area contributed by atoms with Gasteiger partial charge >= 0.3 is 0 Å². The molecule has 0 unspecified atom stereocenters. The third kappa shape index (κ3) is 2.91. The summed E-state index contributed by atoms with van der Waals surface area (Å²) >= 11 is 0. The lowest BCUT2D eigenvalue weighted by molar-refractivity contribution is -0.133. The number of nitrogens with one attached hydrogen (secondary N) is 1. The SMILES string of the molecule is CN1CCN(C(=O)[C@@H]2CCCN2)Cc2ccccc21.Cl. The maximum Gasteiger partial charge on any atom is 0.240 e. The van der Waals surface area contributed by atoms with Crippen LogP contribution in [0.25, 0.3) is 0 Å². The molecule has 110 valence electrons. The predicted molar refractivity (Wildman–Crippen MR) is 83.4 cm³/mol. The number of hydrogen-bond acceptors (Lipinski definition) is 3. The molecule has 0 aliphatic carbocycles. The normalized spacial score (nSPS) is 21.9. The predicted octanol–water partition coefficient (Wildman–Crippen LogP) is 1.64. The first-order chi connectivity index (χ1) is 9.25. The largest absolute Gasteiger partial charge is 0.373 e. The van der Waals surface area contributed by atoms with Crippen LogP contribution in [0.15, 0.2) is 24.3 Å². The van der Waals surface area contributed by atoms with Crippen molar-refractivity contribution in [2.75, 3.05) is 31.6 Å². The van der Waals surface area contributed by atoms with E-state index in [2.05, 4.69) is 41.5 Å². The molecule has 1 aromatic carbocycles. The Hall–Kier alpha value is -1.26. The molecule has 1 atom stereocenters. The van der Waals surface area contributed by atoms with Gasteiger partial charge in [-0.1, -0.05) is 18.2 Å². The third-order valence-electron chi connectivity index (χ3n) is 4.14. The summed E-state index contributed by atoms with van der Waals surface area (Å²) in [6.07, 6.45) is 2.09. The second-order valence-corrected chi connectivity index (χ2v) is 5.46. The van der Waals surface area contributed by atoms with Gasteiger partial charge in [-0.25, -0.2) is 0 Å². The summed E-state index contributed by atoms with van der Waals surface area (Å²) in [4.78, 5) is 16.8. The van der Waals surface area contributed by atoms with E-state index in [0.717, 1.165) is 39.0 Å². The number of para-hydroxylation sites is 1. The number of nitrogens with zero attached hydrogens (tertiary/aromatic N) is 2.